The molecule has 4 heterocycles. The molecular formula is C22H25N5OS. The fourth-order valence-corrected chi connectivity index (χ4v) is 5.39. The number of anilines is 2. The lowest BCUT2D eigenvalue weighted by Crippen LogP contribution is -2.50. The molecule has 5 rings (SSSR count). The van der Waals surface area contributed by atoms with Crippen LogP contribution in [0.25, 0.3) is 10.2 Å². The molecule has 1 saturated heterocycles. The zero-order valence-electron chi connectivity index (χ0n) is 16.9. The summed E-state index contributed by atoms with van der Waals surface area (Å²) in [5.74, 6) is 1.24. The van der Waals surface area contributed by atoms with Crippen LogP contribution in [0.5, 0.6) is 0 Å². The van der Waals surface area contributed by atoms with Crippen LogP contribution in [0.15, 0.2) is 30.6 Å². The lowest BCUT2D eigenvalue weighted by molar-refractivity contribution is -0.119. The number of para-hydroxylation sites is 1. The molecule has 29 heavy (non-hydrogen) atoms. The standard InChI is InChI=1S/C22H25N5OS/c1-15-16(2)29-22-20(15)21(23-14-24-22)26-11-9-25(10-12-26)13-19(28)27-8-7-17-5-3-4-6-18(17)27/h3-6,14H,7-13H2,1-2H3. The predicted molar refractivity (Wildman–Crippen MR) is 118 cm³/mol. The first-order valence-electron chi connectivity index (χ1n) is 10.2. The summed E-state index contributed by atoms with van der Waals surface area (Å²) in [4.78, 5) is 30.9. The molecule has 2 aliphatic rings. The van der Waals surface area contributed by atoms with E-state index in [-0.39, 0.29) is 5.91 Å². The SMILES string of the molecule is Cc1sc2ncnc(N3CCN(CC(=O)N4CCc5ccccc54)CC3)c2c1C. The molecular weight excluding hydrogens is 382 g/mol. The highest BCUT2D eigenvalue weighted by Crippen LogP contribution is 2.34. The summed E-state index contributed by atoms with van der Waals surface area (Å²) >= 11 is 1.74. The Morgan fingerprint density at radius 2 is 1.86 bits per heavy atom. The third kappa shape index (κ3) is 3.28. The van der Waals surface area contributed by atoms with Gasteiger partial charge in [0.2, 0.25) is 5.91 Å². The number of hydrogen-bond donors (Lipinski definition) is 0. The van der Waals surface area contributed by atoms with Gasteiger partial charge in [0.15, 0.2) is 0 Å². The molecule has 0 bridgehead atoms. The van der Waals surface area contributed by atoms with Gasteiger partial charge in [-0.25, -0.2) is 9.97 Å². The van der Waals surface area contributed by atoms with Crippen LogP contribution in [0.3, 0.4) is 0 Å². The first-order valence-corrected chi connectivity index (χ1v) is 11.0. The van der Waals surface area contributed by atoms with E-state index >= 15 is 0 Å². The van der Waals surface area contributed by atoms with Gasteiger partial charge in [-0.05, 0) is 37.5 Å². The average molecular weight is 408 g/mol. The van der Waals surface area contributed by atoms with Crippen LogP contribution >= 0.6 is 11.3 Å². The molecule has 2 aliphatic heterocycles. The molecule has 0 atom stereocenters. The molecule has 2 aromatic heterocycles. The van der Waals surface area contributed by atoms with E-state index < -0.39 is 0 Å². The molecule has 6 nitrogen and oxygen atoms in total. The highest BCUT2D eigenvalue weighted by molar-refractivity contribution is 7.18. The Bertz CT molecular complexity index is 1070. The minimum absolute atomic E-state index is 0.206. The van der Waals surface area contributed by atoms with Crippen molar-refractivity contribution in [1.82, 2.24) is 14.9 Å². The zero-order valence-corrected chi connectivity index (χ0v) is 17.7. The van der Waals surface area contributed by atoms with E-state index in [9.17, 15) is 4.79 Å². The van der Waals surface area contributed by atoms with E-state index in [0.717, 1.165) is 55.5 Å². The molecule has 1 amide bonds. The van der Waals surface area contributed by atoms with Gasteiger partial charge in [0.1, 0.15) is 17.0 Å². The third-order valence-electron chi connectivity index (χ3n) is 6.16. The molecule has 1 aromatic carbocycles. The number of aromatic nitrogens is 2. The maximum atomic E-state index is 12.9. The number of rotatable bonds is 3. The quantitative estimate of drug-likeness (QED) is 0.668. The number of aryl methyl sites for hydroxylation is 2. The molecule has 1 fully saturated rings. The van der Waals surface area contributed by atoms with Crippen LogP contribution in [-0.4, -0.2) is 60.0 Å². The van der Waals surface area contributed by atoms with Gasteiger partial charge in [0, 0.05) is 43.3 Å². The van der Waals surface area contributed by atoms with Crippen LogP contribution in [0.1, 0.15) is 16.0 Å². The monoisotopic (exact) mass is 407 g/mol. The van der Waals surface area contributed by atoms with E-state index in [1.54, 1.807) is 17.7 Å². The van der Waals surface area contributed by atoms with Crippen molar-refractivity contribution in [3.8, 4) is 0 Å². The first kappa shape index (κ1) is 18.5. The minimum Gasteiger partial charge on any atom is -0.353 e. The number of thiophene rings is 1. The number of piperazine rings is 1. The zero-order chi connectivity index (χ0) is 20.0. The summed E-state index contributed by atoms with van der Waals surface area (Å²) in [5, 5.41) is 1.19. The minimum atomic E-state index is 0.206. The summed E-state index contributed by atoms with van der Waals surface area (Å²) in [7, 11) is 0. The Balaban J connectivity index is 1.25. The van der Waals surface area contributed by atoms with E-state index in [1.165, 1.54) is 21.4 Å². The second-order valence-corrected chi connectivity index (χ2v) is 9.05. The second kappa shape index (κ2) is 7.39. The molecule has 3 aromatic rings. The van der Waals surface area contributed by atoms with E-state index in [2.05, 4.69) is 45.7 Å². The largest absolute Gasteiger partial charge is 0.353 e. The molecule has 0 radical (unpaired) electrons. The fourth-order valence-electron chi connectivity index (χ4n) is 4.40. The number of benzene rings is 1. The topological polar surface area (TPSA) is 52.6 Å². The van der Waals surface area contributed by atoms with Crippen molar-refractivity contribution in [2.24, 2.45) is 0 Å². The van der Waals surface area contributed by atoms with Crippen LogP contribution < -0.4 is 9.80 Å². The fraction of sp³-hybridized carbons (Fsp3) is 0.409. The summed E-state index contributed by atoms with van der Waals surface area (Å²) in [6.45, 7) is 9.08. The third-order valence-corrected chi connectivity index (χ3v) is 7.28. The van der Waals surface area contributed by atoms with Gasteiger partial charge in [-0.2, -0.15) is 0 Å². The number of carbonyl (C=O) groups is 1. The number of carbonyl (C=O) groups excluding carboxylic acids is 1. The van der Waals surface area contributed by atoms with E-state index in [4.69, 9.17) is 0 Å². The number of nitrogens with zero attached hydrogens (tertiary/aromatic N) is 5. The highest BCUT2D eigenvalue weighted by Gasteiger charge is 2.28. The van der Waals surface area contributed by atoms with Gasteiger partial charge in [0.05, 0.1) is 11.9 Å². The van der Waals surface area contributed by atoms with Crippen LogP contribution in [0.2, 0.25) is 0 Å². The van der Waals surface area contributed by atoms with Crippen molar-refractivity contribution >= 4 is 39.0 Å². The molecule has 150 valence electrons. The summed E-state index contributed by atoms with van der Waals surface area (Å²) in [5.41, 5.74) is 3.65. The van der Waals surface area contributed by atoms with Crippen LogP contribution in [0.4, 0.5) is 11.5 Å². The van der Waals surface area contributed by atoms with Crippen molar-refractivity contribution < 1.29 is 4.79 Å². The molecule has 0 N–H and O–H groups in total. The summed E-state index contributed by atoms with van der Waals surface area (Å²) in [6, 6.07) is 8.24. The van der Waals surface area contributed by atoms with Crippen molar-refractivity contribution in [1.29, 1.82) is 0 Å². The van der Waals surface area contributed by atoms with Crippen LogP contribution in [0, 0.1) is 13.8 Å². The maximum absolute atomic E-state index is 12.9. The molecule has 0 aliphatic carbocycles. The van der Waals surface area contributed by atoms with Crippen molar-refractivity contribution in [2.45, 2.75) is 20.3 Å². The molecule has 0 spiro atoms. The predicted octanol–water partition coefficient (Wildman–Crippen LogP) is 3.02. The summed E-state index contributed by atoms with van der Waals surface area (Å²) in [6.07, 6.45) is 2.63. The Morgan fingerprint density at radius 1 is 1.07 bits per heavy atom. The lowest BCUT2D eigenvalue weighted by atomic mass is 10.2. The average Bonchev–Trinajstić information content (AvgIpc) is 3.30. The van der Waals surface area contributed by atoms with Gasteiger partial charge >= 0.3 is 0 Å². The van der Waals surface area contributed by atoms with Crippen LogP contribution in [-0.2, 0) is 11.2 Å². The molecule has 0 saturated carbocycles. The Labute approximate surface area is 174 Å². The highest BCUT2D eigenvalue weighted by atomic mass is 32.1. The molecule has 7 heteroatoms. The van der Waals surface area contributed by atoms with Crippen molar-refractivity contribution in [2.75, 3.05) is 49.1 Å². The Morgan fingerprint density at radius 3 is 2.69 bits per heavy atom. The lowest BCUT2D eigenvalue weighted by Gasteiger charge is -2.36. The normalized spacial score (nSPS) is 17.2. The van der Waals surface area contributed by atoms with Crippen molar-refractivity contribution in [3.63, 3.8) is 0 Å². The number of fused-ring (bicyclic) bond motifs is 2. The Hall–Kier alpha value is -2.51. The van der Waals surface area contributed by atoms with Gasteiger partial charge in [-0.1, -0.05) is 18.2 Å². The molecule has 0 unspecified atom stereocenters. The first-order chi connectivity index (χ1) is 14.1. The number of hydrogen-bond acceptors (Lipinski definition) is 6. The summed E-state index contributed by atoms with van der Waals surface area (Å²) < 4.78 is 0. The van der Waals surface area contributed by atoms with Crippen molar-refractivity contribution in [3.05, 3.63) is 46.6 Å². The second-order valence-electron chi connectivity index (χ2n) is 7.85. The van der Waals surface area contributed by atoms with Gasteiger partial charge in [-0.3, -0.25) is 9.69 Å². The Kier molecular flexibility index (Phi) is 4.72. The van der Waals surface area contributed by atoms with Gasteiger partial charge in [0.25, 0.3) is 0 Å². The van der Waals surface area contributed by atoms with Gasteiger partial charge in [-0.15, -0.1) is 11.3 Å². The maximum Gasteiger partial charge on any atom is 0.241 e. The smallest absolute Gasteiger partial charge is 0.241 e. The number of amides is 1. The van der Waals surface area contributed by atoms with E-state index in [0.29, 0.717) is 6.54 Å². The van der Waals surface area contributed by atoms with E-state index in [1.807, 2.05) is 17.0 Å². The van der Waals surface area contributed by atoms with Gasteiger partial charge < -0.3 is 9.80 Å².